The van der Waals surface area contributed by atoms with Crippen LogP contribution in [0.4, 0.5) is 23.0 Å². The largest absolute Gasteiger partial charge is 0.399 e. The van der Waals surface area contributed by atoms with Crippen molar-refractivity contribution in [3.8, 4) is 0 Å². The number of nitrogens with one attached hydrogen (secondary N) is 1. The Hall–Kier alpha value is -3.07. The first kappa shape index (κ1) is 15.3. The van der Waals surface area contributed by atoms with Gasteiger partial charge in [-0.1, -0.05) is 17.7 Å². The Balaban J connectivity index is 2.34. The summed E-state index contributed by atoms with van der Waals surface area (Å²) in [6, 6.07) is 6.90. The van der Waals surface area contributed by atoms with E-state index < -0.39 is 11.9 Å². The number of benzene rings is 1. The summed E-state index contributed by atoms with van der Waals surface area (Å²) in [4.78, 5) is 22.9. The van der Waals surface area contributed by atoms with Gasteiger partial charge in [-0.25, -0.2) is 9.97 Å². The van der Waals surface area contributed by atoms with Crippen molar-refractivity contribution >= 4 is 46.5 Å². The monoisotopic (exact) mass is 320 g/mol. The summed E-state index contributed by atoms with van der Waals surface area (Å²) in [7, 11) is 0. The summed E-state index contributed by atoms with van der Waals surface area (Å²) in [5.41, 5.74) is 22.6. The molecule has 22 heavy (non-hydrogen) atoms. The van der Waals surface area contributed by atoms with Crippen LogP contribution < -0.4 is 28.3 Å². The van der Waals surface area contributed by atoms with Gasteiger partial charge >= 0.3 is 5.91 Å². The third-order valence-corrected chi connectivity index (χ3v) is 2.73. The van der Waals surface area contributed by atoms with E-state index in [0.29, 0.717) is 11.4 Å². The Kier molecular flexibility index (Phi) is 4.28. The summed E-state index contributed by atoms with van der Waals surface area (Å²) in [6.45, 7) is 0. The summed E-state index contributed by atoms with van der Waals surface area (Å²) in [6.07, 6.45) is 0. The number of nitrogen functional groups attached to an aromatic ring is 2. The Bertz CT molecular complexity index is 757. The number of amides is 1. The lowest BCUT2D eigenvalue weighted by molar-refractivity contribution is 0.0998. The highest BCUT2D eigenvalue weighted by molar-refractivity contribution is 6.32. The molecular formula is C12H13ClN8O. The minimum Gasteiger partial charge on any atom is -0.399 e. The maximum absolute atomic E-state index is 11.7. The van der Waals surface area contributed by atoms with E-state index in [1.807, 2.05) is 0 Å². The molecule has 0 aliphatic rings. The van der Waals surface area contributed by atoms with E-state index in [9.17, 15) is 4.79 Å². The SMILES string of the molecule is NC(N)=NC(=O)c1nc(Cl)c(Nc2cccc(N)c2)nc1N. The number of nitrogens with two attached hydrogens (primary N) is 4. The minimum atomic E-state index is -0.831. The van der Waals surface area contributed by atoms with Crippen LogP contribution in [0.2, 0.25) is 5.15 Å². The maximum Gasteiger partial charge on any atom is 0.302 e. The quantitative estimate of drug-likeness (QED) is 0.308. The van der Waals surface area contributed by atoms with Crippen LogP contribution in [0, 0.1) is 0 Å². The van der Waals surface area contributed by atoms with Gasteiger partial charge in [0, 0.05) is 11.4 Å². The van der Waals surface area contributed by atoms with E-state index in [1.54, 1.807) is 24.3 Å². The molecular weight excluding hydrogens is 308 g/mol. The number of guanidine groups is 1. The first-order valence-corrected chi connectivity index (χ1v) is 6.34. The average molecular weight is 321 g/mol. The highest BCUT2D eigenvalue weighted by atomic mass is 35.5. The van der Waals surface area contributed by atoms with Crippen molar-refractivity contribution in [3.05, 3.63) is 35.1 Å². The average Bonchev–Trinajstić information content (AvgIpc) is 2.41. The second kappa shape index (κ2) is 6.14. The lowest BCUT2D eigenvalue weighted by Gasteiger charge is -2.09. The zero-order valence-corrected chi connectivity index (χ0v) is 12.0. The van der Waals surface area contributed by atoms with Crippen LogP contribution in [0.5, 0.6) is 0 Å². The molecule has 0 radical (unpaired) electrons. The molecule has 2 rings (SSSR count). The van der Waals surface area contributed by atoms with Crippen molar-refractivity contribution in [2.45, 2.75) is 0 Å². The molecule has 0 saturated heterocycles. The molecule has 10 heteroatoms. The molecule has 0 spiro atoms. The maximum atomic E-state index is 11.7. The zero-order chi connectivity index (χ0) is 16.3. The summed E-state index contributed by atoms with van der Waals surface area (Å²) >= 11 is 5.99. The van der Waals surface area contributed by atoms with Gasteiger partial charge in [-0.2, -0.15) is 4.99 Å². The molecule has 1 aromatic heterocycles. The van der Waals surface area contributed by atoms with Crippen molar-refractivity contribution < 1.29 is 4.79 Å². The van der Waals surface area contributed by atoms with Gasteiger partial charge in [0.15, 0.2) is 28.4 Å². The molecule has 9 nitrogen and oxygen atoms in total. The van der Waals surface area contributed by atoms with E-state index in [4.69, 9.17) is 34.5 Å². The van der Waals surface area contributed by atoms with Crippen LogP contribution in [-0.2, 0) is 0 Å². The number of nitrogens with zero attached hydrogens (tertiary/aromatic N) is 3. The fourth-order valence-corrected chi connectivity index (χ4v) is 1.76. The van der Waals surface area contributed by atoms with Gasteiger partial charge in [0.2, 0.25) is 0 Å². The van der Waals surface area contributed by atoms with E-state index in [0.717, 1.165) is 0 Å². The predicted octanol–water partition coefficient (Wildman–Crippen LogP) is 0.452. The van der Waals surface area contributed by atoms with Crippen molar-refractivity contribution in [1.82, 2.24) is 9.97 Å². The number of hydrogen-bond donors (Lipinski definition) is 5. The van der Waals surface area contributed by atoms with Crippen molar-refractivity contribution in [2.75, 3.05) is 16.8 Å². The zero-order valence-electron chi connectivity index (χ0n) is 11.2. The molecule has 0 unspecified atom stereocenters. The van der Waals surface area contributed by atoms with Crippen LogP contribution >= 0.6 is 11.6 Å². The van der Waals surface area contributed by atoms with Gasteiger partial charge in [0.1, 0.15) is 0 Å². The first-order valence-electron chi connectivity index (χ1n) is 5.96. The fourth-order valence-electron chi connectivity index (χ4n) is 1.59. The molecule has 0 fully saturated rings. The topological polar surface area (TPSA) is 171 Å². The Morgan fingerprint density at radius 1 is 1.23 bits per heavy atom. The first-order chi connectivity index (χ1) is 10.4. The lowest BCUT2D eigenvalue weighted by atomic mass is 10.3. The third kappa shape index (κ3) is 3.52. The van der Waals surface area contributed by atoms with Gasteiger partial charge < -0.3 is 28.3 Å². The molecule has 1 aromatic carbocycles. The molecule has 0 aliphatic heterocycles. The minimum absolute atomic E-state index is 0.0641. The van der Waals surface area contributed by atoms with Gasteiger partial charge in [0.25, 0.3) is 0 Å². The smallest absolute Gasteiger partial charge is 0.302 e. The van der Waals surface area contributed by atoms with Crippen LogP contribution in [0.3, 0.4) is 0 Å². The number of halogens is 1. The van der Waals surface area contributed by atoms with E-state index in [-0.39, 0.29) is 22.5 Å². The van der Waals surface area contributed by atoms with E-state index in [2.05, 4.69) is 20.3 Å². The number of carbonyl (C=O) groups excluding carboxylic acids is 1. The second-order valence-electron chi connectivity index (χ2n) is 4.19. The molecule has 2 aromatic rings. The summed E-state index contributed by atoms with van der Waals surface area (Å²) in [5.74, 6) is -1.23. The molecule has 0 saturated carbocycles. The number of rotatable bonds is 3. The fraction of sp³-hybridized carbons (Fsp3) is 0. The Morgan fingerprint density at radius 2 is 1.95 bits per heavy atom. The highest BCUT2D eigenvalue weighted by Crippen LogP contribution is 2.25. The number of anilines is 4. The molecule has 9 N–H and O–H groups in total. The third-order valence-electron chi connectivity index (χ3n) is 2.46. The van der Waals surface area contributed by atoms with Gasteiger partial charge in [-0.05, 0) is 18.2 Å². The molecule has 1 heterocycles. The van der Waals surface area contributed by atoms with Crippen molar-refractivity contribution in [2.24, 2.45) is 16.5 Å². The van der Waals surface area contributed by atoms with Crippen LogP contribution in [0.1, 0.15) is 10.5 Å². The second-order valence-corrected chi connectivity index (χ2v) is 4.55. The normalized spacial score (nSPS) is 10.0. The molecule has 0 aliphatic carbocycles. The van der Waals surface area contributed by atoms with Gasteiger partial charge in [-0.15, -0.1) is 0 Å². The van der Waals surface area contributed by atoms with Gasteiger partial charge in [-0.3, -0.25) is 4.79 Å². The highest BCUT2D eigenvalue weighted by Gasteiger charge is 2.17. The molecule has 0 bridgehead atoms. The molecule has 0 atom stereocenters. The van der Waals surface area contributed by atoms with Crippen LogP contribution in [0.15, 0.2) is 29.3 Å². The number of aliphatic imine (C=N–C) groups is 1. The van der Waals surface area contributed by atoms with E-state index in [1.165, 1.54) is 0 Å². The standard InChI is InChI=1S/C12H13ClN8O/c13-8-10(18-6-3-1-2-5(14)4-6)20-9(15)7(19-8)11(22)21-12(16)17/h1-4H,14H2,(H3,15,18,20)(H4,16,17,21,22). The lowest BCUT2D eigenvalue weighted by Crippen LogP contribution is -2.24. The number of carbonyl (C=O) groups is 1. The summed E-state index contributed by atoms with van der Waals surface area (Å²) in [5, 5.41) is 2.83. The number of aromatic nitrogens is 2. The van der Waals surface area contributed by atoms with Gasteiger partial charge in [0.05, 0.1) is 0 Å². The van der Waals surface area contributed by atoms with E-state index >= 15 is 0 Å². The molecule has 1 amide bonds. The number of hydrogen-bond acceptors (Lipinski definition) is 6. The molecule has 114 valence electrons. The van der Waals surface area contributed by atoms with Crippen molar-refractivity contribution in [1.29, 1.82) is 0 Å². The predicted molar refractivity (Wildman–Crippen MR) is 85.7 cm³/mol. The van der Waals surface area contributed by atoms with Crippen molar-refractivity contribution in [3.63, 3.8) is 0 Å². The Morgan fingerprint density at radius 3 is 2.59 bits per heavy atom. The Labute approximate surface area is 130 Å². The van der Waals surface area contributed by atoms with Crippen LogP contribution in [0.25, 0.3) is 0 Å². The van der Waals surface area contributed by atoms with Crippen LogP contribution in [-0.4, -0.2) is 21.8 Å². The summed E-state index contributed by atoms with van der Waals surface area (Å²) < 4.78 is 0.